The van der Waals surface area contributed by atoms with Crippen molar-refractivity contribution in [1.29, 1.82) is 0 Å². The minimum atomic E-state index is -0.277. The number of ether oxygens (including phenoxy) is 2. The fourth-order valence-electron chi connectivity index (χ4n) is 3.25. The van der Waals surface area contributed by atoms with Crippen LogP contribution in [0.25, 0.3) is 6.08 Å². The third-order valence-corrected chi connectivity index (χ3v) is 6.51. The summed E-state index contributed by atoms with van der Waals surface area (Å²) in [4.78, 5) is 13.1. The average Bonchev–Trinajstić information content (AvgIpc) is 3.12. The van der Waals surface area contributed by atoms with Gasteiger partial charge >= 0.3 is 0 Å². The molecule has 1 saturated heterocycles. The van der Waals surface area contributed by atoms with Crippen LogP contribution in [0.5, 0.6) is 11.5 Å². The number of nitrogens with one attached hydrogen (secondary N) is 2. The molecule has 0 bridgehead atoms. The molecule has 1 heterocycles. The lowest BCUT2D eigenvalue weighted by atomic mass is 10.2. The van der Waals surface area contributed by atoms with Crippen LogP contribution < -0.4 is 20.1 Å². The lowest BCUT2D eigenvalue weighted by Crippen LogP contribution is -2.31. The lowest BCUT2D eigenvalue weighted by Gasteiger charge is -2.16. The predicted octanol–water partition coefficient (Wildman–Crippen LogP) is 5.94. The van der Waals surface area contributed by atoms with Crippen LogP contribution in [0, 0.1) is 6.92 Å². The highest BCUT2D eigenvalue weighted by Crippen LogP contribution is 2.34. The van der Waals surface area contributed by atoms with Crippen LogP contribution >= 0.6 is 27.7 Å². The number of anilines is 1. The molecular weight excluding hydrogens is 488 g/mol. The van der Waals surface area contributed by atoms with Crippen molar-refractivity contribution in [3.63, 3.8) is 0 Å². The highest BCUT2D eigenvalue weighted by atomic mass is 79.9. The maximum atomic E-state index is 12.5. The van der Waals surface area contributed by atoms with Crippen LogP contribution in [0.2, 0.25) is 0 Å². The third kappa shape index (κ3) is 5.47. The number of thioether (sulfide) groups is 1. The first kappa shape index (κ1) is 22.3. The van der Waals surface area contributed by atoms with Crippen LogP contribution in [0.4, 0.5) is 5.69 Å². The maximum Gasteiger partial charge on any atom is 0.260 e. The Labute approximate surface area is 200 Å². The van der Waals surface area contributed by atoms with Crippen LogP contribution in [-0.2, 0) is 11.4 Å². The zero-order chi connectivity index (χ0) is 22.5. The van der Waals surface area contributed by atoms with Gasteiger partial charge in [0.05, 0.1) is 22.2 Å². The fraction of sp³-hybridized carbons (Fsp3) is 0.160. The quantitative estimate of drug-likeness (QED) is 0.385. The van der Waals surface area contributed by atoms with E-state index in [-0.39, 0.29) is 11.4 Å². The first-order valence-corrected chi connectivity index (χ1v) is 11.8. The van der Waals surface area contributed by atoms with Crippen molar-refractivity contribution in [2.75, 3.05) is 12.4 Å². The Balaban J connectivity index is 1.43. The molecule has 0 aromatic heterocycles. The molecule has 4 rings (SSSR count). The average molecular weight is 511 g/mol. The van der Waals surface area contributed by atoms with Gasteiger partial charge in [-0.1, -0.05) is 54.2 Å². The van der Waals surface area contributed by atoms with Gasteiger partial charge in [0.1, 0.15) is 18.1 Å². The molecule has 5 nitrogen and oxygen atoms in total. The van der Waals surface area contributed by atoms with E-state index in [2.05, 4.69) is 26.6 Å². The number of amides is 1. The van der Waals surface area contributed by atoms with E-state index in [0.29, 0.717) is 11.5 Å². The van der Waals surface area contributed by atoms with E-state index in [9.17, 15) is 4.79 Å². The van der Waals surface area contributed by atoms with Crippen molar-refractivity contribution in [3.8, 4) is 11.5 Å². The molecule has 164 valence electrons. The Hall–Kier alpha value is -2.90. The number of aryl methyl sites for hydroxylation is 1. The first-order chi connectivity index (χ1) is 15.5. The number of carbonyl (C=O) groups is 1. The Kier molecular flexibility index (Phi) is 7.07. The van der Waals surface area contributed by atoms with Crippen molar-refractivity contribution in [1.82, 2.24) is 5.32 Å². The Morgan fingerprint density at radius 2 is 1.88 bits per heavy atom. The van der Waals surface area contributed by atoms with Gasteiger partial charge in [0, 0.05) is 0 Å². The summed E-state index contributed by atoms with van der Waals surface area (Å²) in [7, 11) is 1.63. The summed E-state index contributed by atoms with van der Waals surface area (Å²) in [6, 6.07) is 21.7. The SMILES string of the molecule is COc1ccc(C)cc1NC1NC(=O)/C(=C/c2ccc(OCc3ccccc3)c(Br)c2)S1. The van der Waals surface area contributed by atoms with Crippen LogP contribution in [0.3, 0.4) is 0 Å². The Morgan fingerprint density at radius 3 is 2.62 bits per heavy atom. The Bertz CT molecular complexity index is 1150. The zero-order valence-corrected chi connectivity index (χ0v) is 20.1. The molecule has 2 N–H and O–H groups in total. The summed E-state index contributed by atoms with van der Waals surface area (Å²) in [5.41, 5.74) is 3.69. The maximum absolute atomic E-state index is 12.5. The second-order valence-corrected chi connectivity index (χ2v) is 9.29. The molecule has 0 radical (unpaired) electrons. The standard InChI is InChI=1S/C25H23BrN2O3S/c1-16-8-10-22(30-2)20(12-16)27-25-28-24(29)23(32-25)14-18-9-11-21(19(26)13-18)31-15-17-6-4-3-5-7-17/h3-14,25,27H,15H2,1-2H3,(H,28,29)/b23-14-. The zero-order valence-electron chi connectivity index (χ0n) is 17.7. The minimum Gasteiger partial charge on any atom is -0.495 e. The molecule has 1 aliphatic heterocycles. The van der Waals surface area contributed by atoms with Gasteiger partial charge in [-0.2, -0.15) is 0 Å². The molecule has 7 heteroatoms. The van der Waals surface area contributed by atoms with E-state index >= 15 is 0 Å². The van der Waals surface area contributed by atoms with Crippen molar-refractivity contribution < 1.29 is 14.3 Å². The van der Waals surface area contributed by atoms with Crippen LogP contribution in [0.15, 0.2) is 76.1 Å². The van der Waals surface area contributed by atoms with Gasteiger partial charge in [-0.25, -0.2) is 0 Å². The molecule has 0 aliphatic carbocycles. The van der Waals surface area contributed by atoms with E-state index in [0.717, 1.165) is 38.3 Å². The monoisotopic (exact) mass is 510 g/mol. The molecule has 1 aliphatic rings. The second-order valence-electron chi connectivity index (χ2n) is 7.29. The highest BCUT2D eigenvalue weighted by molar-refractivity contribution is 9.10. The summed E-state index contributed by atoms with van der Waals surface area (Å²) in [6.07, 6.45) is 1.88. The summed E-state index contributed by atoms with van der Waals surface area (Å²) >= 11 is 5.01. The molecule has 1 fully saturated rings. The van der Waals surface area contributed by atoms with Crippen LogP contribution in [-0.4, -0.2) is 18.5 Å². The van der Waals surface area contributed by atoms with E-state index in [1.54, 1.807) is 7.11 Å². The van der Waals surface area contributed by atoms with E-state index < -0.39 is 0 Å². The molecule has 1 atom stereocenters. The van der Waals surface area contributed by atoms with Crippen molar-refractivity contribution in [3.05, 3.63) is 92.8 Å². The smallest absolute Gasteiger partial charge is 0.260 e. The molecule has 1 unspecified atom stereocenters. The number of hydrogen-bond acceptors (Lipinski definition) is 5. The number of benzene rings is 3. The number of hydrogen-bond donors (Lipinski definition) is 2. The van der Waals surface area contributed by atoms with Crippen LogP contribution in [0.1, 0.15) is 16.7 Å². The van der Waals surface area contributed by atoms with Crippen molar-refractivity contribution in [2.24, 2.45) is 0 Å². The molecule has 1 amide bonds. The molecular formula is C25H23BrN2O3S. The summed E-state index contributed by atoms with van der Waals surface area (Å²) in [6.45, 7) is 2.51. The number of halogens is 1. The number of carbonyl (C=O) groups excluding carboxylic acids is 1. The predicted molar refractivity (Wildman–Crippen MR) is 134 cm³/mol. The van der Waals surface area contributed by atoms with Gasteiger partial charge in [0.15, 0.2) is 5.50 Å². The molecule has 0 saturated carbocycles. The van der Waals surface area contributed by atoms with Gasteiger partial charge in [-0.3, -0.25) is 4.79 Å². The number of methoxy groups -OCH3 is 1. The van der Waals surface area contributed by atoms with Gasteiger partial charge in [-0.15, -0.1) is 0 Å². The van der Waals surface area contributed by atoms with Gasteiger partial charge in [0.2, 0.25) is 0 Å². The molecule has 3 aromatic rings. The summed E-state index contributed by atoms with van der Waals surface area (Å²) in [5.74, 6) is 1.38. The molecule has 3 aromatic carbocycles. The van der Waals surface area contributed by atoms with E-state index in [4.69, 9.17) is 9.47 Å². The summed E-state index contributed by atoms with van der Waals surface area (Å²) < 4.78 is 12.2. The molecule has 0 spiro atoms. The van der Waals surface area contributed by atoms with Gasteiger partial charge < -0.3 is 20.1 Å². The third-order valence-electron chi connectivity index (χ3n) is 4.86. The molecule has 32 heavy (non-hydrogen) atoms. The fourth-order valence-corrected chi connectivity index (χ4v) is 4.74. The van der Waals surface area contributed by atoms with Crippen molar-refractivity contribution in [2.45, 2.75) is 19.0 Å². The van der Waals surface area contributed by atoms with E-state index in [1.807, 2.05) is 79.7 Å². The topological polar surface area (TPSA) is 59.6 Å². The first-order valence-electron chi connectivity index (χ1n) is 10.1. The second kappa shape index (κ2) is 10.1. The number of rotatable bonds is 7. The minimum absolute atomic E-state index is 0.111. The normalized spacial score (nSPS) is 16.7. The van der Waals surface area contributed by atoms with E-state index in [1.165, 1.54) is 11.8 Å². The van der Waals surface area contributed by atoms with Gasteiger partial charge in [-0.05, 0) is 69.9 Å². The summed E-state index contributed by atoms with van der Waals surface area (Å²) in [5, 5.41) is 6.30. The highest BCUT2D eigenvalue weighted by Gasteiger charge is 2.27. The largest absolute Gasteiger partial charge is 0.495 e. The van der Waals surface area contributed by atoms with Crippen molar-refractivity contribution >= 4 is 45.4 Å². The van der Waals surface area contributed by atoms with Gasteiger partial charge in [0.25, 0.3) is 5.91 Å². The lowest BCUT2D eigenvalue weighted by molar-refractivity contribution is -0.116. The Morgan fingerprint density at radius 1 is 1.09 bits per heavy atom.